The van der Waals surface area contributed by atoms with Crippen LogP contribution in [0.25, 0.3) is 10.2 Å². The second-order valence-corrected chi connectivity index (χ2v) is 10.1. The topological polar surface area (TPSA) is 77.7 Å². The monoisotopic (exact) mass is 482 g/mol. The summed E-state index contributed by atoms with van der Waals surface area (Å²) in [7, 11) is -1.92. The zero-order valence-electron chi connectivity index (χ0n) is 15.4. The molecule has 1 heterocycles. The highest BCUT2D eigenvalue weighted by molar-refractivity contribution is 9.10. The maximum absolute atomic E-state index is 12.9. The number of hydrogen-bond acceptors (Lipinski definition) is 5. The molecule has 2 aromatic carbocycles. The molecule has 28 heavy (non-hydrogen) atoms. The standard InChI is InChI=1S/C19H19BrN2O4S2/c1-3-28(24,25)17-7-5-4-6-14(17)18(23)21-19-22(10-11-26-2)15-9-8-13(20)12-16(15)27-19/h4-9,12H,3,10-11H2,1-2H3. The first kappa shape index (κ1) is 20.9. The molecule has 0 saturated heterocycles. The summed E-state index contributed by atoms with van der Waals surface area (Å²) in [6.07, 6.45) is 0. The summed E-state index contributed by atoms with van der Waals surface area (Å²) in [5.74, 6) is -0.661. The van der Waals surface area contributed by atoms with Gasteiger partial charge >= 0.3 is 0 Å². The van der Waals surface area contributed by atoms with Crippen LogP contribution in [0, 0.1) is 0 Å². The van der Waals surface area contributed by atoms with E-state index in [2.05, 4.69) is 20.9 Å². The number of methoxy groups -OCH3 is 1. The van der Waals surface area contributed by atoms with Crippen molar-refractivity contribution in [1.82, 2.24) is 4.57 Å². The van der Waals surface area contributed by atoms with Crippen molar-refractivity contribution < 1.29 is 17.9 Å². The molecule has 0 fully saturated rings. The Kier molecular flexibility index (Phi) is 6.49. The smallest absolute Gasteiger partial charge is 0.280 e. The van der Waals surface area contributed by atoms with Gasteiger partial charge in [-0.2, -0.15) is 4.99 Å². The van der Waals surface area contributed by atoms with Gasteiger partial charge in [0, 0.05) is 18.1 Å². The lowest BCUT2D eigenvalue weighted by Gasteiger charge is -2.06. The van der Waals surface area contributed by atoms with Crippen molar-refractivity contribution in [3.8, 4) is 0 Å². The van der Waals surface area contributed by atoms with Crippen LogP contribution in [0.5, 0.6) is 0 Å². The molecule has 9 heteroatoms. The number of benzene rings is 2. The summed E-state index contributed by atoms with van der Waals surface area (Å²) < 4.78 is 33.7. The number of thiazole rings is 1. The molecule has 0 bridgehead atoms. The molecule has 0 atom stereocenters. The van der Waals surface area contributed by atoms with Crippen LogP contribution in [0.15, 0.2) is 56.8 Å². The lowest BCUT2D eigenvalue weighted by atomic mass is 10.2. The predicted molar refractivity (Wildman–Crippen MR) is 113 cm³/mol. The number of sulfone groups is 1. The molecule has 0 aliphatic heterocycles. The van der Waals surface area contributed by atoms with Gasteiger partial charge in [-0.3, -0.25) is 4.79 Å². The number of halogens is 1. The Labute approximate surface area is 175 Å². The van der Waals surface area contributed by atoms with Crippen LogP contribution in [0.1, 0.15) is 17.3 Å². The maximum Gasteiger partial charge on any atom is 0.280 e. The Bertz CT molecular complexity index is 1200. The number of aromatic nitrogens is 1. The molecule has 0 aliphatic rings. The fourth-order valence-corrected chi connectivity index (χ4v) is 5.44. The number of amides is 1. The van der Waals surface area contributed by atoms with E-state index in [0.29, 0.717) is 18.0 Å². The maximum atomic E-state index is 12.9. The molecule has 6 nitrogen and oxygen atoms in total. The first-order chi connectivity index (χ1) is 13.4. The van der Waals surface area contributed by atoms with E-state index in [4.69, 9.17) is 4.74 Å². The molecule has 0 aliphatic carbocycles. The number of carbonyl (C=O) groups excluding carboxylic acids is 1. The molecule has 0 spiro atoms. The molecule has 148 valence electrons. The van der Waals surface area contributed by atoms with Crippen molar-refractivity contribution in [3.05, 3.63) is 57.3 Å². The fourth-order valence-electron chi connectivity index (χ4n) is 2.75. The molecule has 1 amide bonds. The van der Waals surface area contributed by atoms with Crippen molar-refractivity contribution in [3.63, 3.8) is 0 Å². The number of fused-ring (bicyclic) bond motifs is 1. The minimum absolute atomic E-state index is 0.0125. The Morgan fingerprint density at radius 1 is 1.25 bits per heavy atom. The van der Waals surface area contributed by atoms with Gasteiger partial charge < -0.3 is 9.30 Å². The molecular weight excluding hydrogens is 464 g/mol. The third-order valence-electron chi connectivity index (χ3n) is 4.19. The van der Waals surface area contributed by atoms with E-state index >= 15 is 0 Å². The first-order valence-electron chi connectivity index (χ1n) is 8.56. The summed E-state index contributed by atoms with van der Waals surface area (Å²) >= 11 is 4.83. The molecule has 0 N–H and O–H groups in total. The summed E-state index contributed by atoms with van der Waals surface area (Å²) in [5.41, 5.74) is 1.02. The molecular formula is C19H19BrN2O4S2. The van der Waals surface area contributed by atoms with Gasteiger partial charge in [-0.05, 0) is 30.3 Å². The highest BCUT2D eigenvalue weighted by Gasteiger charge is 2.20. The van der Waals surface area contributed by atoms with E-state index in [0.717, 1.165) is 14.7 Å². The Morgan fingerprint density at radius 2 is 2.00 bits per heavy atom. The quantitative estimate of drug-likeness (QED) is 0.537. The van der Waals surface area contributed by atoms with E-state index < -0.39 is 15.7 Å². The van der Waals surface area contributed by atoms with Crippen LogP contribution in [0.2, 0.25) is 0 Å². The second kappa shape index (κ2) is 8.69. The highest BCUT2D eigenvalue weighted by atomic mass is 79.9. The van der Waals surface area contributed by atoms with Gasteiger partial charge in [-0.25, -0.2) is 8.42 Å². The largest absolute Gasteiger partial charge is 0.383 e. The first-order valence-corrected chi connectivity index (χ1v) is 11.8. The van der Waals surface area contributed by atoms with Gasteiger partial charge in [-0.15, -0.1) is 0 Å². The van der Waals surface area contributed by atoms with E-state index in [-0.39, 0.29) is 16.2 Å². The van der Waals surface area contributed by atoms with Crippen molar-refractivity contribution >= 4 is 53.2 Å². The van der Waals surface area contributed by atoms with Crippen molar-refractivity contribution in [1.29, 1.82) is 0 Å². The average molecular weight is 483 g/mol. The number of hydrogen-bond donors (Lipinski definition) is 0. The van der Waals surface area contributed by atoms with Gasteiger partial charge in [0.2, 0.25) is 0 Å². The lowest BCUT2D eigenvalue weighted by Crippen LogP contribution is -2.20. The van der Waals surface area contributed by atoms with Crippen molar-refractivity contribution in [2.75, 3.05) is 19.5 Å². The van der Waals surface area contributed by atoms with Gasteiger partial charge in [-0.1, -0.05) is 46.3 Å². The summed E-state index contributed by atoms with van der Waals surface area (Å²) in [4.78, 5) is 17.7. The van der Waals surface area contributed by atoms with Crippen LogP contribution in [-0.2, 0) is 21.1 Å². The average Bonchev–Trinajstić information content (AvgIpc) is 3.02. The number of rotatable bonds is 6. The Morgan fingerprint density at radius 3 is 2.71 bits per heavy atom. The van der Waals surface area contributed by atoms with E-state index in [9.17, 15) is 13.2 Å². The SMILES string of the molecule is CCS(=O)(=O)c1ccccc1C(=O)N=c1sc2cc(Br)ccc2n1CCOC. The minimum atomic E-state index is -3.53. The van der Waals surface area contributed by atoms with Crippen LogP contribution in [0.4, 0.5) is 0 Å². The summed E-state index contributed by atoms with van der Waals surface area (Å²) in [6.45, 7) is 2.54. The van der Waals surface area contributed by atoms with Gasteiger partial charge in [0.05, 0.1) is 33.0 Å². The lowest BCUT2D eigenvalue weighted by molar-refractivity contribution is 0.0994. The van der Waals surface area contributed by atoms with E-state index in [1.165, 1.54) is 23.5 Å². The molecule has 1 aromatic heterocycles. The van der Waals surface area contributed by atoms with Gasteiger partial charge in [0.25, 0.3) is 5.91 Å². The van der Waals surface area contributed by atoms with Crippen LogP contribution in [-0.4, -0.2) is 38.4 Å². The summed E-state index contributed by atoms with van der Waals surface area (Å²) in [6, 6.07) is 12.0. The number of nitrogens with zero attached hydrogens (tertiary/aromatic N) is 2. The number of ether oxygens (including phenoxy) is 1. The third-order valence-corrected chi connectivity index (χ3v) is 7.51. The molecule has 3 rings (SSSR count). The van der Waals surface area contributed by atoms with E-state index in [1.54, 1.807) is 26.2 Å². The minimum Gasteiger partial charge on any atom is -0.383 e. The summed E-state index contributed by atoms with van der Waals surface area (Å²) in [5, 5.41) is 0. The van der Waals surface area contributed by atoms with E-state index in [1.807, 2.05) is 22.8 Å². The number of carbonyl (C=O) groups is 1. The van der Waals surface area contributed by atoms with Crippen molar-refractivity contribution in [2.45, 2.75) is 18.4 Å². The zero-order chi connectivity index (χ0) is 20.3. The van der Waals surface area contributed by atoms with Gasteiger partial charge in [0.15, 0.2) is 14.6 Å². The fraction of sp³-hybridized carbons (Fsp3) is 0.263. The normalized spacial score (nSPS) is 12.6. The highest BCUT2D eigenvalue weighted by Crippen LogP contribution is 2.23. The molecule has 0 unspecified atom stereocenters. The Balaban J connectivity index is 2.17. The second-order valence-electron chi connectivity index (χ2n) is 5.96. The molecule has 0 saturated carbocycles. The Hall–Kier alpha value is -1.81. The zero-order valence-corrected chi connectivity index (χ0v) is 18.6. The van der Waals surface area contributed by atoms with Crippen LogP contribution < -0.4 is 4.80 Å². The van der Waals surface area contributed by atoms with Crippen LogP contribution >= 0.6 is 27.3 Å². The predicted octanol–water partition coefficient (Wildman–Crippen LogP) is 3.65. The molecule has 3 aromatic rings. The molecule has 0 radical (unpaired) electrons. The van der Waals surface area contributed by atoms with Gasteiger partial charge in [0.1, 0.15) is 0 Å². The third kappa shape index (κ3) is 4.27. The van der Waals surface area contributed by atoms with Crippen LogP contribution in [0.3, 0.4) is 0 Å². The van der Waals surface area contributed by atoms with Crippen molar-refractivity contribution in [2.24, 2.45) is 4.99 Å².